The van der Waals surface area contributed by atoms with Gasteiger partial charge in [0.05, 0.1) is 27.8 Å². The first kappa shape index (κ1) is 18.3. The predicted molar refractivity (Wildman–Crippen MR) is 79.3 cm³/mol. The largest absolute Gasteiger partial charge is 0.493 e. The van der Waals surface area contributed by atoms with Gasteiger partial charge in [0.2, 0.25) is 5.91 Å². The normalized spacial score (nSPS) is 11.3. The molecule has 2 N–H and O–H groups in total. The first-order chi connectivity index (χ1) is 10.9. The van der Waals surface area contributed by atoms with Crippen LogP contribution in [0.2, 0.25) is 0 Å². The average Bonchev–Trinajstić information content (AvgIpc) is 2.56. The molecular weight excluding hydrogens is 306 g/mol. The minimum atomic E-state index is -1.10. The molecule has 0 aliphatic carbocycles. The Balaban J connectivity index is 3.00. The Labute approximate surface area is 133 Å². The molecule has 1 atom stereocenters. The Kier molecular flexibility index (Phi) is 6.85. The van der Waals surface area contributed by atoms with Crippen molar-refractivity contribution >= 4 is 17.8 Å². The van der Waals surface area contributed by atoms with Gasteiger partial charge < -0.3 is 24.6 Å². The van der Waals surface area contributed by atoms with Crippen molar-refractivity contribution in [1.82, 2.24) is 5.32 Å². The molecule has 8 heteroatoms. The van der Waals surface area contributed by atoms with E-state index in [1.165, 1.54) is 27.4 Å². The van der Waals surface area contributed by atoms with Gasteiger partial charge in [-0.1, -0.05) is 6.07 Å². The molecular formula is C15H19NO7. The number of carbonyl (C=O) groups excluding carboxylic acids is 2. The van der Waals surface area contributed by atoms with Crippen LogP contribution in [0.5, 0.6) is 11.5 Å². The van der Waals surface area contributed by atoms with Crippen LogP contribution in [0, 0.1) is 0 Å². The van der Waals surface area contributed by atoms with Gasteiger partial charge in [0, 0.05) is 6.42 Å². The van der Waals surface area contributed by atoms with Crippen LogP contribution in [0.15, 0.2) is 18.2 Å². The minimum Gasteiger partial charge on any atom is -0.493 e. The van der Waals surface area contributed by atoms with E-state index in [0.717, 1.165) is 0 Å². The van der Waals surface area contributed by atoms with E-state index in [2.05, 4.69) is 10.1 Å². The van der Waals surface area contributed by atoms with E-state index < -0.39 is 23.9 Å². The number of aliphatic carboxylic acids is 1. The first-order valence-corrected chi connectivity index (χ1v) is 6.73. The number of benzene rings is 1. The number of nitrogens with one attached hydrogen (secondary N) is 1. The molecule has 0 saturated heterocycles. The van der Waals surface area contributed by atoms with Gasteiger partial charge in [0.1, 0.15) is 0 Å². The van der Waals surface area contributed by atoms with Crippen molar-refractivity contribution in [3.8, 4) is 11.5 Å². The van der Waals surface area contributed by atoms with Crippen LogP contribution < -0.4 is 14.8 Å². The minimum absolute atomic E-state index is 0.240. The van der Waals surface area contributed by atoms with E-state index in [-0.39, 0.29) is 12.8 Å². The molecule has 0 heterocycles. The molecule has 23 heavy (non-hydrogen) atoms. The molecule has 1 aromatic rings. The van der Waals surface area contributed by atoms with Crippen molar-refractivity contribution in [3.05, 3.63) is 23.8 Å². The van der Waals surface area contributed by atoms with E-state index in [0.29, 0.717) is 17.1 Å². The van der Waals surface area contributed by atoms with Crippen LogP contribution in [0.25, 0.3) is 0 Å². The molecule has 0 spiro atoms. The van der Waals surface area contributed by atoms with Crippen LogP contribution in [0.4, 0.5) is 0 Å². The highest BCUT2D eigenvalue weighted by atomic mass is 16.5. The van der Waals surface area contributed by atoms with Crippen LogP contribution >= 0.6 is 0 Å². The zero-order valence-electron chi connectivity index (χ0n) is 13.1. The quantitative estimate of drug-likeness (QED) is 0.683. The molecule has 0 radical (unpaired) electrons. The first-order valence-electron chi connectivity index (χ1n) is 6.73. The van der Waals surface area contributed by atoms with Crippen molar-refractivity contribution in [1.29, 1.82) is 0 Å². The monoisotopic (exact) mass is 325 g/mol. The summed E-state index contributed by atoms with van der Waals surface area (Å²) in [6.07, 6.45) is -0.568. The number of esters is 1. The second kappa shape index (κ2) is 8.62. The lowest BCUT2D eigenvalue weighted by Gasteiger charge is -2.18. The highest BCUT2D eigenvalue weighted by molar-refractivity contribution is 5.87. The number of ether oxygens (including phenoxy) is 3. The Morgan fingerprint density at radius 2 is 1.74 bits per heavy atom. The van der Waals surface area contributed by atoms with E-state index in [9.17, 15) is 14.4 Å². The fourth-order valence-electron chi connectivity index (χ4n) is 1.88. The Hall–Kier alpha value is -2.77. The Morgan fingerprint density at radius 3 is 2.26 bits per heavy atom. The van der Waals surface area contributed by atoms with Gasteiger partial charge in [-0.15, -0.1) is 0 Å². The van der Waals surface area contributed by atoms with Gasteiger partial charge in [0.15, 0.2) is 17.5 Å². The van der Waals surface area contributed by atoms with E-state index in [4.69, 9.17) is 14.6 Å². The third-order valence-electron chi connectivity index (χ3n) is 3.05. The number of rotatable bonds is 8. The molecule has 0 bridgehead atoms. The fourth-order valence-corrected chi connectivity index (χ4v) is 1.88. The van der Waals surface area contributed by atoms with Gasteiger partial charge in [-0.05, 0) is 17.7 Å². The molecule has 0 aromatic heterocycles. The fraction of sp³-hybridized carbons (Fsp3) is 0.400. The lowest BCUT2D eigenvalue weighted by atomic mass is 10.1. The molecule has 0 saturated carbocycles. The van der Waals surface area contributed by atoms with Crippen LogP contribution in [0.3, 0.4) is 0 Å². The molecule has 126 valence electrons. The highest BCUT2D eigenvalue weighted by Crippen LogP contribution is 2.30. The average molecular weight is 325 g/mol. The van der Waals surface area contributed by atoms with E-state index in [1.807, 2.05) is 0 Å². The summed E-state index contributed by atoms with van der Waals surface area (Å²) in [6.45, 7) is 0. The lowest BCUT2D eigenvalue weighted by Crippen LogP contribution is -2.34. The number of hydrogen-bond acceptors (Lipinski definition) is 6. The maximum atomic E-state index is 11.9. The van der Waals surface area contributed by atoms with Crippen molar-refractivity contribution in [3.63, 3.8) is 0 Å². The lowest BCUT2D eigenvalue weighted by molar-refractivity contribution is -0.145. The smallest absolute Gasteiger partial charge is 0.333 e. The van der Waals surface area contributed by atoms with Gasteiger partial charge in [0.25, 0.3) is 0 Å². The van der Waals surface area contributed by atoms with Gasteiger partial charge in [-0.3, -0.25) is 9.59 Å². The topological polar surface area (TPSA) is 111 Å². The molecule has 1 aromatic carbocycles. The predicted octanol–water partition coefficient (Wildman–Crippen LogP) is 0.899. The van der Waals surface area contributed by atoms with Crippen LogP contribution in [-0.4, -0.2) is 44.3 Å². The Morgan fingerprint density at radius 1 is 1.09 bits per heavy atom. The van der Waals surface area contributed by atoms with Gasteiger partial charge in [-0.25, -0.2) is 4.79 Å². The third-order valence-corrected chi connectivity index (χ3v) is 3.05. The molecule has 0 unspecified atom stereocenters. The molecule has 1 rings (SSSR count). The second-order valence-electron chi connectivity index (χ2n) is 4.53. The van der Waals surface area contributed by atoms with Gasteiger partial charge >= 0.3 is 11.9 Å². The summed E-state index contributed by atoms with van der Waals surface area (Å²) >= 11 is 0. The van der Waals surface area contributed by atoms with Crippen molar-refractivity contribution in [2.75, 3.05) is 21.3 Å². The summed E-state index contributed by atoms with van der Waals surface area (Å²) in [6, 6.07) is 3.65. The Bertz CT molecular complexity index is 585. The number of hydrogen-bond donors (Lipinski definition) is 2. The van der Waals surface area contributed by atoms with E-state index >= 15 is 0 Å². The van der Waals surface area contributed by atoms with Crippen molar-refractivity contribution < 1.29 is 33.7 Å². The van der Waals surface area contributed by atoms with E-state index in [1.54, 1.807) is 12.1 Å². The van der Waals surface area contributed by atoms with Crippen molar-refractivity contribution in [2.45, 2.75) is 18.9 Å². The van der Waals surface area contributed by atoms with Crippen LogP contribution in [-0.2, 0) is 19.1 Å². The molecule has 0 fully saturated rings. The molecule has 0 aliphatic heterocycles. The molecule has 1 amide bonds. The van der Waals surface area contributed by atoms with Gasteiger partial charge in [-0.2, -0.15) is 0 Å². The summed E-state index contributed by atoms with van der Waals surface area (Å²) < 4.78 is 14.9. The SMILES string of the molecule is COC(=O)[C@H](NC(=O)CCC(=O)O)c1ccc(OC)c(OC)c1. The number of carbonyl (C=O) groups is 3. The third kappa shape index (κ3) is 5.17. The molecule has 0 aliphatic rings. The highest BCUT2D eigenvalue weighted by Gasteiger charge is 2.25. The zero-order valence-corrected chi connectivity index (χ0v) is 13.1. The maximum absolute atomic E-state index is 11.9. The number of methoxy groups -OCH3 is 3. The van der Waals surface area contributed by atoms with Crippen LogP contribution in [0.1, 0.15) is 24.4 Å². The second-order valence-corrected chi connectivity index (χ2v) is 4.53. The summed E-state index contributed by atoms with van der Waals surface area (Å²) in [5, 5.41) is 11.0. The zero-order chi connectivity index (χ0) is 17.4. The standard InChI is InChI=1S/C15H19NO7/c1-21-10-5-4-9(8-11(10)22-2)14(15(20)23-3)16-12(17)6-7-13(18)19/h4-5,8,14H,6-7H2,1-3H3,(H,16,17)(H,18,19)/t14-/m1/s1. The number of carboxylic acid groups (broad SMARTS) is 1. The summed E-state index contributed by atoms with van der Waals surface area (Å²) in [7, 11) is 4.11. The summed E-state index contributed by atoms with van der Waals surface area (Å²) in [5.74, 6) is -1.49. The summed E-state index contributed by atoms with van der Waals surface area (Å²) in [4.78, 5) is 34.2. The number of amides is 1. The summed E-state index contributed by atoms with van der Waals surface area (Å²) in [5.41, 5.74) is 0.429. The number of carboxylic acids is 1. The maximum Gasteiger partial charge on any atom is 0.333 e. The molecule has 8 nitrogen and oxygen atoms in total. The van der Waals surface area contributed by atoms with Crippen molar-refractivity contribution in [2.24, 2.45) is 0 Å².